The van der Waals surface area contributed by atoms with E-state index in [1.165, 1.54) is 0 Å². The van der Waals surface area contributed by atoms with Crippen molar-refractivity contribution in [1.29, 1.82) is 0 Å². The highest BCUT2D eigenvalue weighted by Gasteiger charge is 2.21. The molecular formula is C15H22N2O3. The first-order chi connectivity index (χ1) is 9.49. The topological polar surface area (TPSA) is 73.6 Å². The maximum atomic E-state index is 11.6. The lowest BCUT2D eigenvalue weighted by molar-refractivity contribution is -0.121. The molecule has 1 aromatic carbocycles. The molecule has 110 valence electrons. The van der Waals surface area contributed by atoms with E-state index in [1.54, 1.807) is 7.11 Å². The summed E-state index contributed by atoms with van der Waals surface area (Å²) >= 11 is 0. The fourth-order valence-corrected chi connectivity index (χ4v) is 2.37. The van der Waals surface area contributed by atoms with Crippen LogP contribution in [0.1, 0.15) is 31.4 Å². The van der Waals surface area contributed by atoms with E-state index in [-0.39, 0.29) is 18.1 Å². The third-order valence-corrected chi connectivity index (χ3v) is 3.28. The SMILES string of the molecule is COc1cc2c(cc1CNC(=O)CC(C)N)OC(C)C2. The molecule has 0 bridgehead atoms. The van der Waals surface area contributed by atoms with Crippen LogP contribution in [-0.4, -0.2) is 25.2 Å². The highest BCUT2D eigenvalue weighted by Crippen LogP contribution is 2.34. The molecule has 0 aromatic heterocycles. The summed E-state index contributed by atoms with van der Waals surface area (Å²) in [4.78, 5) is 11.6. The summed E-state index contributed by atoms with van der Waals surface area (Å²) in [6, 6.07) is 3.80. The van der Waals surface area contributed by atoms with E-state index in [9.17, 15) is 4.79 Å². The molecule has 1 aliphatic rings. The second-order valence-electron chi connectivity index (χ2n) is 5.36. The lowest BCUT2D eigenvalue weighted by Crippen LogP contribution is -2.29. The molecule has 2 unspecified atom stereocenters. The van der Waals surface area contributed by atoms with Gasteiger partial charge in [-0.2, -0.15) is 0 Å². The van der Waals surface area contributed by atoms with Gasteiger partial charge in [-0.3, -0.25) is 4.79 Å². The van der Waals surface area contributed by atoms with Crippen LogP contribution < -0.4 is 20.5 Å². The van der Waals surface area contributed by atoms with E-state index in [0.717, 1.165) is 29.0 Å². The first-order valence-electron chi connectivity index (χ1n) is 6.88. The number of nitrogens with two attached hydrogens (primary N) is 1. The summed E-state index contributed by atoms with van der Waals surface area (Å²) in [5.41, 5.74) is 7.67. The molecule has 5 nitrogen and oxygen atoms in total. The van der Waals surface area contributed by atoms with Gasteiger partial charge in [0.05, 0.1) is 7.11 Å². The molecule has 0 spiro atoms. The molecule has 3 N–H and O–H groups in total. The molecule has 1 aromatic rings. The standard InChI is InChI=1S/C15H22N2O3/c1-9(16)4-15(18)17-8-12-7-14-11(5-10(2)20-14)6-13(12)19-3/h6-7,9-10H,4-5,8,16H2,1-3H3,(H,17,18). The van der Waals surface area contributed by atoms with Crippen LogP contribution in [0.3, 0.4) is 0 Å². The molecule has 1 amide bonds. The largest absolute Gasteiger partial charge is 0.496 e. The van der Waals surface area contributed by atoms with E-state index in [0.29, 0.717) is 13.0 Å². The highest BCUT2D eigenvalue weighted by atomic mass is 16.5. The fourth-order valence-electron chi connectivity index (χ4n) is 2.37. The first kappa shape index (κ1) is 14.7. The molecule has 1 aliphatic heterocycles. The van der Waals surface area contributed by atoms with Crippen molar-refractivity contribution < 1.29 is 14.3 Å². The lowest BCUT2D eigenvalue weighted by atomic mass is 10.1. The molecule has 20 heavy (non-hydrogen) atoms. The molecule has 0 fully saturated rings. The predicted octanol–water partition coefficient (Wildman–Crippen LogP) is 1.37. The van der Waals surface area contributed by atoms with Crippen LogP contribution in [0.2, 0.25) is 0 Å². The number of benzene rings is 1. The normalized spacial score (nSPS) is 18.1. The molecule has 5 heteroatoms. The Morgan fingerprint density at radius 1 is 1.60 bits per heavy atom. The number of ether oxygens (including phenoxy) is 2. The maximum Gasteiger partial charge on any atom is 0.221 e. The minimum Gasteiger partial charge on any atom is -0.496 e. The third kappa shape index (κ3) is 3.42. The molecular weight excluding hydrogens is 256 g/mol. The Hall–Kier alpha value is -1.75. The number of carbonyl (C=O) groups is 1. The zero-order valence-electron chi connectivity index (χ0n) is 12.2. The van der Waals surface area contributed by atoms with Gasteiger partial charge < -0.3 is 20.5 Å². The minimum atomic E-state index is -0.138. The summed E-state index contributed by atoms with van der Waals surface area (Å²) in [5, 5.41) is 2.85. The second kappa shape index (κ2) is 6.13. The van der Waals surface area contributed by atoms with Crippen LogP contribution in [0.25, 0.3) is 0 Å². The molecule has 0 saturated heterocycles. The van der Waals surface area contributed by atoms with Crippen molar-refractivity contribution >= 4 is 5.91 Å². The van der Waals surface area contributed by atoms with Gasteiger partial charge in [0.2, 0.25) is 5.91 Å². The van der Waals surface area contributed by atoms with Crippen LogP contribution in [0, 0.1) is 0 Å². The fraction of sp³-hybridized carbons (Fsp3) is 0.533. The molecule has 2 rings (SSSR count). The van der Waals surface area contributed by atoms with Gasteiger partial charge >= 0.3 is 0 Å². The van der Waals surface area contributed by atoms with Crippen LogP contribution in [0.4, 0.5) is 0 Å². The Labute approximate surface area is 119 Å². The van der Waals surface area contributed by atoms with Crippen molar-refractivity contribution in [1.82, 2.24) is 5.32 Å². The van der Waals surface area contributed by atoms with Crippen LogP contribution >= 0.6 is 0 Å². The Kier molecular flexibility index (Phi) is 4.49. The number of nitrogens with one attached hydrogen (secondary N) is 1. The summed E-state index contributed by atoms with van der Waals surface area (Å²) in [5.74, 6) is 1.61. The molecule has 0 saturated carbocycles. The molecule has 0 radical (unpaired) electrons. The van der Waals surface area contributed by atoms with Gasteiger partial charge in [-0.25, -0.2) is 0 Å². The van der Waals surface area contributed by atoms with Gasteiger partial charge in [0.15, 0.2) is 0 Å². The summed E-state index contributed by atoms with van der Waals surface area (Å²) in [6.07, 6.45) is 1.40. The van der Waals surface area contributed by atoms with Gasteiger partial charge in [-0.05, 0) is 26.0 Å². The summed E-state index contributed by atoms with van der Waals surface area (Å²) in [7, 11) is 1.63. The second-order valence-corrected chi connectivity index (χ2v) is 5.36. The van der Waals surface area contributed by atoms with Gasteiger partial charge in [-0.15, -0.1) is 0 Å². The summed E-state index contributed by atoms with van der Waals surface area (Å²) in [6.45, 7) is 4.26. The van der Waals surface area contributed by atoms with Crippen molar-refractivity contribution in [2.45, 2.75) is 45.4 Å². The predicted molar refractivity (Wildman–Crippen MR) is 76.9 cm³/mol. The Bertz CT molecular complexity index is 500. The maximum absolute atomic E-state index is 11.6. The van der Waals surface area contributed by atoms with Crippen LogP contribution in [-0.2, 0) is 17.8 Å². The summed E-state index contributed by atoms with van der Waals surface area (Å²) < 4.78 is 11.1. The third-order valence-electron chi connectivity index (χ3n) is 3.28. The Balaban J connectivity index is 2.08. The average Bonchev–Trinajstić information content (AvgIpc) is 2.73. The van der Waals surface area contributed by atoms with Crippen molar-refractivity contribution in [3.8, 4) is 11.5 Å². The number of methoxy groups -OCH3 is 1. The van der Waals surface area contributed by atoms with Crippen molar-refractivity contribution in [2.75, 3.05) is 7.11 Å². The zero-order chi connectivity index (χ0) is 14.7. The number of amides is 1. The molecule has 2 atom stereocenters. The van der Waals surface area contributed by atoms with Crippen molar-refractivity contribution in [3.05, 3.63) is 23.3 Å². The van der Waals surface area contributed by atoms with Gasteiger partial charge in [0.1, 0.15) is 17.6 Å². The number of carbonyl (C=O) groups excluding carboxylic acids is 1. The number of hydrogen-bond donors (Lipinski definition) is 2. The van der Waals surface area contributed by atoms with Crippen molar-refractivity contribution in [2.24, 2.45) is 5.73 Å². The first-order valence-corrected chi connectivity index (χ1v) is 6.88. The number of fused-ring (bicyclic) bond motifs is 1. The Morgan fingerprint density at radius 2 is 2.35 bits per heavy atom. The quantitative estimate of drug-likeness (QED) is 0.853. The monoisotopic (exact) mass is 278 g/mol. The highest BCUT2D eigenvalue weighted by molar-refractivity contribution is 5.76. The Morgan fingerprint density at radius 3 is 3.00 bits per heavy atom. The molecule has 1 heterocycles. The van der Waals surface area contributed by atoms with E-state index in [1.807, 2.05) is 26.0 Å². The lowest BCUT2D eigenvalue weighted by Gasteiger charge is -2.12. The van der Waals surface area contributed by atoms with Crippen LogP contribution in [0.5, 0.6) is 11.5 Å². The zero-order valence-corrected chi connectivity index (χ0v) is 12.2. The van der Waals surface area contributed by atoms with E-state index >= 15 is 0 Å². The smallest absolute Gasteiger partial charge is 0.221 e. The van der Waals surface area contributed by atoms with Crippen molar-refractivity contribution in [3.63, 3.8) is 0 Å². The average molecular weight is 278 g/mol. The van der Waals surface area contributed by atoms with E-state index in [4.69, 9.17) is 15.2 Å². The minimum absolute atomic E-state index is 0.0585. The van der Waals surface area contributed by atoms with Gasteiger partial charge in [0, 0.05) is 36.6 Å². The molecule has 0 aliphatic carbocycles. The number of rotatable bonds is 5. The van der Waals surface area contributed by atoms with Gasteiger partial charge in [0.25, 0.3) is 0 Å². The van der Waals surface area contributed by atoms with Crippen LogP contribution in [0.15, 0.2) is 12.1 Å². The number of hydrogen-bond acceptors (Lipinski definition) is 4. The van der Waals surface area contributed by atoms with E-state index < -0.39 is 0 Å². The van der Waals surface area contributed by atoms with E-state index in [2.05, 4.69) is 5.32 Å². The van der Waals surface area contributed by atoms with Gasteiger partial charge in [-0.1, -0.05) is 0 Å².